The smallest absolute Gasteiger partial charge is 0.416 e. The normalized spacial score (nSPS) is 36.8. The lowest BCUT2D eigenvalue weighted by Gasteiger charge is -2.26. The van der Waals surface area contributed by atoms with E-state index in [4.69, 9.17) is 9.47 Å². The van der Waals surface area contributed by atoms with Crippen LogP contribution in [0.1, 0.15) is 12.0 Å². The molecule has 6 unspecified atom stereocenters. The molecule has 0 radical (unpaired) electrons. The molecule has 1 N–H and O–H groups in total. The van der Waals surface area contributed by atoms with Crippen molar-refractivity contribution in [3.05, 3.63) is 29.8 Å². The van der Waals surface area contributed by atoms with Gasteiger partial charge >= 0.3 is 18.1 Å². The van der Waals surface area contributed by atoms with Crippen molar-refractivity contribution in [1.29, 1.82) is 0 Å². The SMILES string of the molecule is O=C(Oc1ccc(C(F)(F)F)cc1)C1C2CC3C(OC(=O)C31)C2O. The highest BCUT2D eigenvalue weighted by molar-refractivity contribution is 5.87. The molecule has 1 aromatic carbocycles. The second kappa shape index (κ2) is 4.95. The summed E-state index contributed by atoms with van der Waals surface area (Å²) in [5, 5.41) is 10.1. The van der Waals surface area contributed by atoms with Crippen LogP contribution >= 0.6 is 0 Å². The Morgan fingerprint density at radius 2 is 1.88 bits per heavy atom. The summed E-state index contributed by atoms with van der Waals surface area (Å²) >= 11 is 0. The number of benzene rings is 1. The number of hydrogen-bond donors (Lipinski definition) is 1. The quantitative estimate of drug-likeness (QED) is 0.655. The molecule has 1 aromatic rings. The lowest BCUT2D eigenvalue weighted by atomic mass is 9.78. The van der Waals surface area contributed by atoms with E-state index in [0.29, 0.717) is 6.42 Å². The number of halogens is 3. The van der Waals surface area contributed by atoms with Crippen LogP contribution in [0.15, 0.2) is 24.3 Å². The molecule has 0 aromatic heterocycles. The molecular weight excluding hydrogens is 329 g/mol. The van der Waals surface area contributed by atoms with Crippen molar-refractivity contribution < 1.29 is 37.3 Å². The Hall–Kier alpha value is -2.09. The summed E-state index contributed by atoms with van der Waals surface area (Å²) in [6.07, 6.45) is -5.42. The van der Waals surface area contributed by atoms with Crippen LogP contribution < -0.4 is 4.74 Å². The molecule has 5 nitrogen and oxygen atoms in total. The van der Waals surface area contributed by atoms with Crippen LogP contribution in [0.2, 0.25) is 0 Å². The van der Waals surface area contributed by atoms with E-state index in [2.05, 4.69) is 0 Å². The van der Waals surface area contributed by atoms with E-state index in [9.17, 15) is 27.9 Å². The van der Waals surface area contributed by atoms with Gasteiger partial charge in [0.2, 0.25) is 0 Å². The number of fused-ring (bicyclic) bond motifs is 1. The maximum atomic E-state index is 12.5. The Morgan fingerprint density at radius 1 is 1.21 bits per heavy atom. The molecule has 1 aliphatic heterocycles. The zero-order chi connectivity index (χ0) is 17.2. The van der Waals surface area contributed by atoms with Gasteiger partial charge in [-0.05, 0) is 30.7 Å². The summed E-state index contributed by atoms with van der Waals surface area (Å²) < 4.78 is 47.8. The molecule has 128 valence electrons. The number of aliphatic hydroxyl groups excluding tert-OH is 1. The van der Waals surface area contributed by atoms with Crippen molar-refractivity contribution in [2.45, 2.75) is 24.8 Å². The van der Waals surface area contributed by atoms with Crippen LogP contribution in [0.25, 0.3) is 0 Å². The minimum absolute atomic E-state index is 0.0341. The first-order chi connectivity index (χ1) is 11.3. The molecule has 2 saturated carbocycles. The van der Waals surface area contributed by atoms with Gasteiger partial charge in [0.05, 0.1) is 23.5 Å². The van der Waals surface area contributed by atoms with E-state index < -0.39 is 53.6 Å². The summed E-state index contributed by atoms with van der Waals surface area (Å²) in [4.78, 5) is 24.3. The molecule has 24 heavy (non-hydrogen) atoms. The Balaban J connectivity index is 1.52. The molecular formula is C16H13F3O5. The molecule has 6 atom stereocenters. The molecule has 0 amide bonds. The second-order valence-corrected chi connectivity index (χ2v) is 6.45. The summed E-state index contributed by atoms with van der Waals surface area (Å²) in [7, 11) is 0. The minimum atomic E-state index is -4.47. The maximum Gasteiger partial charge on any atom is 0.416 e. The number of aliphatic hydroxyl groups is 1. The molecule has 2 aliphatic carbocycles. The molecule has 1 heterocycles. The van der Waals surface area contributed by atoms with Gasteiger partial charge < -0.3 is 14.6 Å². The Bertz CT molecular complexity index is 699. The zero-order valence-corrected chi connectivity index (χ0v) is 12.2. The largest absolute Gasteiger partial charge is 0.459 e. The number of alkyl halides is 3. The molecule has 4 rings (SSSR count). The van der Waals surface area contributed by atoms with Crippen LogP contribution in [-0.4, -0.2) is 29.3 Å². The highest BCUT2D eigenvalue weighted by Gasteiger charge is 2.68. The molecule has 3 fully saturated rings. The van der Waals surface area contributed by atoms with Gasteiger partial charge in [0.1, 0.15) is 11.9 Å². The molecule has 8 heteroatoms. The lowest BCUT2D eigenvalue weighted by molar-refractivity contribution is -0.149. The first kappa shape index (κ1) is 15.4. The fourth-order valence-corrected chi connectivity index (χ4v) is 4.24. The van der Waals surface area contributed by atoms with Crippen LogP contribution in [-0.2, 0) is 20.5 Å². The number of carbonyl (C=O) groups excluding carboxylic acids is 2. The van der Waals surface area contributed by atoms with Crippen LogP contribution in [0.4, 0.5) is 13.2 Å². The molecule has 2 bridgehead atoms. The monoisotopic (exact) mass is 342 g/mol. The van der Waals surface area contributed by atoms with E-state index in [1.807, 2.05) is 0 Å². The van der Waals surface area contributed by atoms with E-state index >= 15 is 0 Å². The number of esters is 2. The zero-order valence-electron chi connectivity index (χ0n) is 12.2. The van der Waals surface area contributed by atoms with E-state index in [0.717, 1.165) is 24.3 Å². The van der Waals surface area contributed by atoms with E-state index in [-0.39, 0.29) is 11.7 Å². The third-order valence-electron chi connectivity index (χ3n) is 5.25. The third-order valence-corrected chi connectivity index (χ3v) is 5.25. The number of hydrogen-bond acceptors (Lipinski definition) is 5. The third kappa shape index (κ3) is 2.12. The Labute approximate surface area is 134 Å². The van der Waals surface area contributed by atoms with Gasteiger partial charge in [0.15, 0.2) is 0 Å². The molecule has 1 saturated heterocycles. The maximum absolute atomic E-state index is 12.5. The van der Waals surface area contributed by atoms with Gasteiger partial charge in [-0.2, -0.15) is 13.2 Å². The predicted octanol–water partition coefficient (Wildman–Crippen LogP) is 1.78. The van der Waals surface area contributed by atoms with Crippen LogP contribution in [0.3, 0.4) is 0 Å². The minimum Gasteiger partial charge on any atom is -0.459 e. The van der Waals surface area contributed by atoms with Crippen molar-refractivity contribution in [3.8, 4) is 5.75 Å². The van der Waals surface area contributed by atoms with Gasteiger partial charge in [0.25, 0.3) is 0 Å². The van der Waals surface area contributed by atoms with Crippen molar-refractivity contribution >= 4 is 11.9 Å². The topological polar surface area (TPSA) is 72.8 Å². The van der Waals surface area contributed by atoms with Gasteiger partial charge in [-0.15, -0.1) is 0 Å². The first-order valence-electron chi connectivity index (χ1n) is 7.55. The molecule has 0 spiro atoms. The summed E-state index contributed by atoms with van der Waals surface area (Å²) in [5.74, 6) is -3.33. The standard InChI is InChI=1S/C16H13F3O5/c17-16(18,19)6-1-3-7(4-2-6)23-14(21)10-8-5-9-11(10)15(22)24-13(9)12(8)20/h1-4,8-13,20H,5H2. The van der Waals surface area contributed by atoms with Crippen molar-refractivity contribution in [2.75, 3.05) is 0 Å². The average molecular weight is 342 g/mol. The van der Waals surface area contributed by atoms with E-state index in [1.165, 1.54) is 0 Å². The Kier molecular flexibility index (Phi) is 3.19. The highest BCUT2D eigenvalue weighted by atomic mass is 19.4. The average Bonchev–Trinajstić information content (AvgIpc) is 3.11. The summed E-state index contributed by atoms with van der Waals surface area (Å²) in [6, 6.07) is 3.75. The molecule has 3 aliphatic rings. The number of rotatable bonds is 2. The van der Waals surface area contributed by atoms with Crippen molar-refractivity contribution in [1.82, 2.24) is 0 Å². The van der Waals surface area contributed by atoms with Crippen molar-refractivity contribution in [3.63, 3.8) is 0 Å². The fraction of sp³-hybridized carbons (Fsp3) is 0.500. The van der Waals surface area contributed by atoms with Gasteiger partial charge in [-0.25, -0.2) is 0 Å². The summed E-state index contributed by atoms with van der Waals surface area (Å²) in [6.45, 7) is 0. The van der Waals surface area contributed by atoms with Gasteiger partial charge in [0, 0.05) is 11.8 Å². The number of ether oxygens (including phenoxy) is 2. The highest BCUT2D eigenvalue weighted by Crippen LogP contribution is 2.58. The van der Waals surface area contributed by atoms with Crippen LogP contribution in [0, 0.1) is 23.7 Å². The van der Waals surface area contributed by atoms with Crippen LogP contribution in [0.5, 0.6) is 5.75 Å². The van der Waals surface area contributed by atoms with E-state index in [1.54, 1.807) is 0 Å². The summed E-state index contributed by atoms with van der Waals surface area (Å²) in [5.41, 5.74) is -0.847. The first-order valence-corrected chi connectivity index (χ1v) is 7.55. The van der Waals surface area contributed by atoms with Gasteiger partial charge in [-0.1, -0.05) is 0 Å². The number of carbonyl (C=O) groups is 2. The van der Waals surface area contributed by atoms with Crippen molar-refractivity contribution in [2.24, 2.45) is 23.7 Å². The second-order valence-electron chi connectivity index (χ2n) is 6.45. The predicted molar refractivity (Wildman–Crippen MR) is 71.5 cm³/mol. The Morgan fingerprint density at radius 3 is 2.50 bits per heavy atom. The fourth-order valence-electron chi connectivity index (χ4n) is 4.24. The lowest BCUT2D eigenvalue weighted by Crippen LogP contribution is -2.42. The van der Waals surface area contributed by atoms with Gasteiger partial charge in [-0.3, -0.25) is 9.59 Å².